The van der Waals surface area contributed by atoms with Crippen molar-refractivity contribution >= 4 is 34.4 Å². The van der Waals surface area contributed by atoms with Crippen LogP contribution in [0.5, 0.6) is 0 Å². The SMILES string of the molecule is CCN(C(C)=O)c1nc(/C=C(\C#N)C(=O)NC(C)c2ccccc2)cs1. The minimum Gasteiger partial charge on any atom is -0.345 e. The normalized spacial score (nSPS) is 12.2. The summed E-state index contributed by atoms with van der Waals surface area (Å²) in [6.07, 6.45) is 1.43. The number of thiazole rings is 1. The van der Waals surface area contributed by atoms with Gasteiger partial charge in [0.1, 0.15) is 11.6 Å². The van der Waals surface area contributed by atoms with Crippen LogP contribution in [0, 0.1) is 11.3 Å². The predicted molar refractivity (Wildman–Crippen MR) is 102 cm³/mol. The third-order valence-electron chi connectivity index (χ3n) is 3.74. The molecule has 0 radical (unpaired) electrons. The number of nitriles is 1. The summed E-state index contributed by atoms with van der Waals surface area (Å²) in [5.74, 6) is -0.565. The van der Waals surface area contributed by atoms with E-state index >= 15 is 0 Å². The third kappa shape index (κ3) is 4.77. The number of nitrogens with zero attached hydrogens (tertiary/aromatic N) is 3. The van der Waals surface area contributed by atoms with Gasteiger partial charge in [-0.2, -0.15) is 5.26 Å². The van der Waals surface area contributed by atoms with E-state index in [-0.39, 0.29) is 17.5 Å². The Bertz CT molecular complexity index is 852. The van der Waals surface area contributed by atoms with Crippen molar-refractivity contribution in [3.05, 3.63) is 52.5 Å². The first-order valence-electron chi connectivity index (χ1n) is 8.17. The lowest BCUT2D eigenvalue weighted by Gasteiger charge is -2.14. The third-order valence-corrected chi connectivity index (χ3v) is 4.62. The van der Waals surface area contributed by atoms with Crippen LogP contribution in [0.2, 0.25) is 0 Å². The molecule has 0 bridgehead atoms. The van der Waals surface area contributed by atoms with Crippen LogP contribution >= 0.6 is 11.3 Å². The van der Waals surface area contributed by atoms with E-state index in [0.717, 1.165) is 5.56 Å². The molecule has 1 heterocycles. The number of hydrogen-bond acceptors (Lipinski definition) is 5. The van der Waals surface area contributed by atoms with Gasteiger partial charge in [-0.25, -0.2) is 4.98 Å². The largest absolute Gasteiger partial charge is 0.345 e. The van der Waals surface area contributed by atoms with Crippen molar-refractivity contribution in [1.82, 2.24) is 10.3 Å². The van der Waals surface area contributed by atoms with Gasteiger partial charge in [-0.15, -0.1) is 11.3 Å². The highest BCUT2D eigenvalue weighted by molar-refractivity contribution is 7.14. The van der Waals surface area contributed by atoms with E-state index in [1.54, 1.807) is 5.38 Å². The maximum absolute atomic E-state index is 12.4. The first kappa shape index (κ1) is 19.3. The summed E-state index contributed by atoms with van der Waals surface area (Å²) in [5, 5.41) is 14.4. The van der Waals surface area contributed by atoms with E-state index in [4.69, 9.17) is 0 Å². The molecule has 7 heteroatoms. The van der Waals surface area contributed by atoms with Crippen molar-refractivity contribution in [2.75, 3.05) is 11.4 Å². The molecule has 6 nitrogen and oxygen atoms in total. The highest BCUT2D eigenvalue weighted by atomic mass is 32.1. The molecule has 134 valence electrons. The van der Waals surface area contributed by atoms with Gasteiger partial charge in [0.05, 0.1) is 11.7 Å². The minimum absolute atomic E-state index is 0.0319. The Labute approximate surface area is 156 Å². The summed E-state index contributed by atoms with van der Waals surface area (Å²) in [6.45, 7) is 5.69. The van der Waals surface area contributed by atoms with Gasteiger partial charge in [-0.1, -0.05) is 30.3 Å². The summed E-state index contributed by atoms with van der Waals surface area (Å²) in [4.78, 5) is 29.8. The van der Waals surface area contributed by atoms with Crippen LogP contribution in [-0.2, 0) is 9.59 Å². The number of anilines is 1. The van der Waals surface area contributed by atoms with Gasteiger partial charge in [0, 0.05) is 18.8 Å². The molecular weight excluding hydrogens is 348 g/mol. The van der Waals surface area contributed by atoms with Crippen molar-refractivity contribution in [1.29, 1.82) is 5.26 Å². The van der Waals surface area contributed by atoms with E-state index < -0.39 is 5.91 Å². The number of rotatable bonds is 6. The van der Waals surface area contributed by atoms with Gasteiger partial charge in [0.2, 0.25) is 5.91 Å². The highest BCUT2D eigenvalue weighted by Gasteiger charge is 2.16. The zero-order valence-corrected chi connectivity index (χ0v) is 15.7. The molecule has 2 aromatic rings. The fourth-order valence-electron chi connectivity index (χ4n) is 2.36. The smallest absolute Gasteiger partial charge is 0.262 e. The van der Waals surface area contributed by atoms with E-state index in [2.05, 4.69) is 10.3 Å². The Kier molecular flexibility index (Phi) is 6.64. The second-order valence-corrected chi connectivity index (χ2v) is 6.43. The fourth-order valence-corrected chi connectivity index (χ4v) is 3.24. The lowest BCUT2D eigenvalue weighted by Crippen LogP contribution is -2.28. The molecule has 0 aliphatic heterocycles. The average Bonchev–Trinajstić information content (AvgIpc) is 3.08. The fraction of sp³-hybridized carbons (Fsp3) is 0.263. The summed E-state index contributed by atoms with van der Waals surface area (Å²) in [7, 11) is 0. The van der Waals surface area contributed by atoms with Crippen molar-refractivity contribution in [2.45, 2.75) is 26.8 Å². The summed E-state index contributed by atoms with van der Waals surface area (Å²) in [5.41, 5.74) is 1.40. The summed E-state index contributed by atoms with van der Waals surface area (Å²) in [6, 6.07) is 11.2. The summed E-state index contributed by atoms with van der Waals surface area (Å²) < 4.78 is 0. The van der Waals surface area contributed by atoms with Crippen LogP contribution in [-0.4, -0.2) is 23.3 Å². The van der Waals surface area contributed by atoms with Crippen LogP contribution in [0.4, 0.5) is 5.13 Å². The number of carbonyl (C=O) groups excluding carboxylic acids is 2. The van der Waals surface area contributed by atoms with Crippen LogP contribution in [0.15, 0.2) is 41.3 Å². The number of hydrogen-bond donors (Lipinski definition) is 1. The molecule has 0 fully saturated rings. The molecule has 26 heavy (non-hydrogen) atoms. The molecule has 1 unspecified atom stereocenters. The second kappa shape index (κ2) is 8.92. The number of carbonyl (C=O) groups is 2. The van der Waals surface area contributed by atoms with Gasteiger partial charge < -0.3 is 5.32 Å². The standard InChI is InChI=1S/C19H20N4O2S/c1-4-23(14(3)24)19-22-17(12-26-19)10-16(11-20)18(25)21-13(2)15-8-6-5-7-9-15/h5-10,12-13H,4H2,1-3H3,(H,21,25)/b16-10+. The molecule has 1 aromatic carbocycles. The molecule has 2 rings (SSSR count). The first-order chi connectivity index (χ1) is 12.5. The van der Waals surface area contributed by atoms with Gasteiger partial charge in [-0.05, 0) is 25.5 Å². The minimum atomic E-state index is -0.461. The molecule has 0 saturated heterocycles. The second-order valence-electron chi connectivity index (χ2n) is 5.59. The van der Waals surface area contributed by atoms with Crippen molar-refractivity contribution < 1.29 is 9.59 Å². The van der Waals surface area contributed by atoms with Crippen LogP contribution < -0.4 is 10.2 Å². The van der Waals surface area contributed by atoms with E-state index in [1.165, 1.54) is 29.2 Å². The van der Waals surface area contributed by atoms with E-state index in [9.17, 15) is 14.9 Å². The Morgan fingerprint density at radius 2 is 2.08 bits per heavy atom. The van der Waals surface area contributed by atoms with E-state index in [0.29, 0.717) is 17.4 Å². The zero-order valence-electron chi connectivity index (χ0n) is 14.9. The van der Waals surface area contributed by atoms with Crippen LogP contribution in [0.25, 0.3) is 6.08 Å². The maximum Gasteiger partial charge on any atom is 0.262 e. The van der Waals surface area contributed by atoms with Gasteiger partial charge in [0.15, 0.2) is 5.13 Å². The first-order valence-corrected chi connectivity index (χ1v) is 9.05. The molecule has 0 spiro atoms. The topological polar surface area (TPSA) is 86.1 Å². The molecule has 0 aliphatic rings. The summed E-state index contributed by atoms with van der Waals surface area (Å²) >= 11 is 1.29. The number of nitrogens with one attached hydrogen (secondary N) is 1. The van der Waals surface area contributed by atoms with E-state index in [1.807, 2.05) is 50.2 Å². The van der Waals surface area contributed by atoms with Crippen LogP contribution in [0.3, 0.4) is 0 Å². The van der Waals surface area contributed by atoms with Crippen molar-refractivity contribution in [3.63, 3.8) is 0 Å². The quantitative estimate of drug-likeness (QED) is 0.626. The number of aromatic nitrogens is 1. The molecule has 2 amide bonds. The number of benzene rings is 1. The Balaban J connectivity index is 2.15. The predicted octanol–water partition coefficient (Wildman–Crippen LogP) is 3.30. The molecule has 0 saturated carbocycles. The Hall–Kier alpha value is -2.98. The molecular formula is C19H20N4O2S. The lowest BCUT2D eigenvalue weighted by atomic mass is 10.1. The molecule has 1 aromatic heterocycles. The Morgan fingerprint density at radius 1 is 1.38 bits per heavy atom. The monoisotopic (exact) mass is 368 g/mol. The zero-order chi connectivity index (χ0) is 19.1. The van der Waals surface area contributed by atoms with Gasteiger partial charge in [0.25, 0.3) is 5.91 Å². The Morgan fingerprint density at radius 3 is 2.65 bits per heavy atom. The molecule has 1 N–H and O–H groups in total. The lowest BCUT2D eigenvalue weighted by molar-refractivity contribution is -0.118. The molecule has 0 aliphatic carbocycles. The maximum atomic E-state index is 12.4. The average molecular weight is 368 g/mol. The van der Waals surface area contributed by atoms with Crippen molar-refractivity contribution in [2.24, 2.45) is 0 Å². The highest BCUT2D eigenvalue weighted by Crippen LogP contribution is 2.22. The molecule has 1 atom stereocenters. The van der Waals surface area contributed by atoms with Crippen LogP contribution in [0.1, 0.15) is 38.1 Å². The van der Waals surface area contributed by atoms with Gasteiger partial charge in [-0.3, -0.25) is 14.5 Å². The van der Waals surface area contributed by atoms with Gasteiger partial charge >= 0.3 is 0 Å². The number of amides is 2. The van der Waals surface area contributed by atoms with Crippen molar-refractivity contribution in [3.8, 4) is 6.07 Å².